The molecule has 0 bridgehead atoms. The first kappa shape index (κ1) is 15.6. The van der Waals surface area contributed by atoms with E-state index in [0.717, 1.165) is 45.8 Å². The Balaban J connectivity index is 2.00. The summed E-state index contributed by atoms with van der Waals surface area (Å²) in [5.74, 6) is 0. The average Bonchev–Trinajstić information content (AvgIpc) is 2.31. The second-order valence-corrected chi connectivity index (χ2v) is 5.34. The zero-order chi connectivity index (χ0) is 13.4. The number of hydrogen-bond acceptors (Lipinski definition) is 4. The van der Waals surface area contributed by atoms with E-state index in [0.29, 0.717) is 11.2 Å². The largest absolute Gasteiger partial charge is 0.379 e. The van der Waals surface area contributed by atoms with Gasteiger partial charge in [0.1, 0.15) is 0 Å². The Morgan fingerprint density at radius 2 is 1.94 bits per heavy atom. The Hall–Kier alpha value is -0.430. The zero-order valence-electron chi connectivity index (χ0n) is 11.7. The fourth-order valence-electron chi connectivity index (χ4n) is 1.69. The van der Waals surface area contributed by atoms with Crippen LogP contribution >= 0.6 is 12.2 Å². The molecular formula is C12H26N4OS. The molecule has 0 aromatic carbocycles. The second kappa shape index (κ2) is 8.63. The summed E-state index contributed by atoms with van der Waals surface area (Å²) in [7, 11) is 2.14. The number of thiocarbonyl (C=S) groups is 1. The van der Waals surface area contributed by atoms with Crippen LogP contribution in [0.3, 0.4) is 0 Å². The quantitative estimate of drug-likeness (QED) is 0.541. The van der Waals surface area contributed by atoms with Crippen molar-refractivity contribution in [3.05, 3.63) is 0 Å². The molecule has 6 heteroatoms. The second-order valence-electron chi connectivity index (χ2n) is 4.93. The first-order valence-electron chi connectivity index (χ1n) is 6.67. The molecule has 0 amide bonds. The summed E-state index contributed by atoms with van der Waals surface area (Å²) in [5, 5.41) is 6.08. The van der Waals surface area contributed by atoms with Crippen LogP contribution in [0.15, 0.2) is 0 Å². The SMILES string of the molecule is CC(C)OCCCNC(=S)NN1CCN(C)CC1. The molecule has 5 nitrogen and oxygen atoms in total. The minimum Gasteiger partial charge on any atom is -0.379 e. The Morgan fingerprint density at radius 3 is 2.56 bits per heavy atom. The van der Waals surface area contributed by atoms with Crippen LogP contribution in [-0.4, -0.2) is 67.5 Å². The smallest absolute Gasteiger partial charge is 0.181 e. The Morgan fingerprint density at radius 1 is 1.28 bits per heavy atom. The van der Waals surface area contributed by atoms with Gasteiger partial charge in [0.2, 0.25) is 0 Å². The third-order valence-corrected chi connectivity index (χ3v) is 3.06. The minimum absolute atomic E-state index is 0.306. The van der Waals surface area contributed by atoms with Crippen LogP contribution in [-0.2, 0) is 4.74 Å². The van der Waals surface area contributed by atoms with Gasteiger partial charge in [0.15, 0.2) is 5.11 Å². The first-order valence-corrected chi connectivity index (χ1v) is 7.08. The molecule has 1 aliphatic heterocycles. The molecule has 0 spiro atoms. The van der Waals surface area contributed by atoms with Crippen molar-refractivity contribution in [1.82, 2.24) is 20.7 Å². The van der Waals surface area contributed by atoms with Gasteiger partial charge >= 0.3 is 0 Å². The maximum absolute atomic E-state index is 5.47. The highest BCUT2D eigenvalue weighted by molar-refractivity contribution is 7.80. The summed E-state index contributed by atoms with van der Waals surface area (Å²) in [5.41, 5.74) is 3.23. The van der Waals surface area contributed by atoms with Gasteiger partial charge in [-0.25, -0.2) is 5.01 Å². The molecule has 1 heterocycles. The van der Waals surface area contributed by atoms with E-state index in [1.807, 2.05) is 13.8 Å². The lowest BCUT2D eigenvalue weighted by Crippen LogP contribution is -2.54. The summed E-state index contributed by atoms with van der Waals surface area (Å²) in [4.78, 5) is 2.32. The van der Waals surface area contributed by atoms with E-state index < -0.39 is 0 Å². The number of nitrogens with zero attached hydrogens (tertiary/aromatic N) is 2. The molecule has 1 fully saturated rings. The van der Waals surface area contributed by atoms with Crippen molar-refractivity contribution in [2.24, 2.45) is 0 Å². The maximum atomic E-state index is 5.47. The summed E-state index contributed by atoms with van der Waals surface area (Å²) in [6, 6.07) is 0. The third-order valence-electron chi connectivity index (χ3n) is 2.82. The van der Waals surface area contributed by atoms with E-state index in [9.17, 15) is 0 Å². The van der Waals surface area contributed by atoms with Crippen LogP contribution in [0.4, 0.5) is 0 Å². The van der Waals surface area contributed by atoms with E-state index in [-0.39, 0.29) is 0 Å². The normalized spacial score (nSPS) is 18.0. The van der Waals surface area contributed by atoms with Crippen LogP contribution in [0.25, 0.3) is 0 Å². The lowest BCUT2D eigenvalue weighted by molar-refractivity contribution is 0.0775. The van der Waals surface area contributed by atoms with Crippen molar-refractivity contribution in [2.45, 2.75) is 26.4 Å². The molecule has 1 aliphatic rings. The summed E-state index contributed by atoms with van der Waals surface area (Å²) < 4.78 is 5.47. The lowest BCUT2D eigenvalue weighted by Gasteiger charge is -2.33. The molecule has 0 aromatic heterocycles. The third kappa shape index (κ3) is 7.10. The van der Waals surface area contributed by atoms with Crippen molar-refractivity contribution in [1.29, 1.82) is 0 Å². The number of ether oxygens (including phenoxy) is 1. The topological polar surface area (TPSA) is 39.8 Å². The standard InChI is InChI=1S/C12H26N4OS/c1-11(2)17-10-4-5-13-12(18)14-16-8-6-15(3)7-9-16/h11H,4-10H2,1-3H3,(H2,13,14,18). The van der Waals surface area contributed by atoms with Gasteiger partial charge in [-0.15, -0.1) is 0 Å². The fraction of sp³-hybridized carbons (Fsp3) is 0.917. The molecule has 2 N–H and O–H groups in total. The first-order chi connectivity index (χ1) is 8.58. The molecule has 0 unspecified atom stereocenters. The van der Waals surface area contributed by atoms with Gasteiger partial charge in [-0.3, -0.25) is 5.43 Å². The number of nitrogens with one attached hydrogen (secondary N) is 2. The molecule has 0 aromatic rings. The molecule has 0 atom stereocenters. The maximum Gasteiger partial charge on any atom is 0.181 e. The van der Waals surface area contributed by atoms with Gasteiger partial charge in [-0.1, -0.05) is 0 Å². The summed E-state index contributed by atoms with van der Waals surface area (Å²) in [6.07, 6.45) is 1.28. The van der Waals surface area contributed by atoms with E-state index in [1.165, 1.54) is 0 Å². The van der Waals surface area contributed by atoms with Crippen molar-refractivity contribution >= 4 is 17.3 Å². The van der Waals surface area contributed by atoms with E-state index in [4.69, 9.17) is 17.0 Å². The minimum atomic E-state index is 0.306. The molecule has 0 saturated carbocycles. The van der Waals surface area contributed by atoms with Crippen molar-refractivity contribution in [3.8, 4) is 0 Å². The van der Waals surface area contributed by atoms with Crippen LogP contribution in [0.2, 0.25) is 0 Å². The van der Waals surface area contributed by atoms with Crippen molar-refractivity contribution < 1.29 is 4.74 Å². The van der Waals surface area contributed by atoms with E-state index in [2.05, 4.69) is 27.7 Å². The highest BCUT2D eigenvalue weighted by atomic mass is 32.1. The summed E-state index contributed by atoms with van der Waals surface area (Å²) in [6.45, 7) is 9.91. The number of piperazine rings is 1. The fourth-order valence-corrected chi connectivity index (χ4v) is 1.93. The zero-order valence-corrected chi connectivity index (χ0v) is 12.6. The van der Waals surface area contributed by atoms with Gasteiger partial charge in [0, 0.05) is 39.3 Å². The predicted molar refractivity (Wildman–Crippen MR) is 78.5 cm³/mol. The van der Waals surface area contributed by atoms with Crippen molar-refractivity contribution in [2.75, 3.05) is 46.4 Å². The van der Waals surface area contributed by atoms with Gasteiger partial charge in [-0.05, 0) is 39.5 Å². The molecule has 1 rings (SSSR count). The van der Waals surface area contributed by atoms with Gasteiger partial charge < -0.3 is 15.0 Å². The van der Waals surface area contributed by atoms with Crippen molar-refractivity contribution in [3.63, 3.8) is 0 Å². The average molecular weight is 274 g/mol. The molecule has 1 saturated heterocycles. The van der Waals surface area contributed by atoms with Crippen LogP contribution < -0.4 is 10.7 Å². The lowest BCUT2D eigenvalue weighted by atomic mass is 10.4. The number of hydrazine groups is 1. The van der Waals surface area contributed by atoms with Crippen LogP contribution in [0.5, 0.6) is 0 Å². The molecule has 0 aliphatic carbocycles. The molecule has 18 heavy (non-hydrogen) atoms. The Kier molecular flexibility index (Phi) is 7.50. The monoisotopic (exact) mass is 274 g/mol. The highest BCUT2D eigenvalue weighted by Gasteiger charge is 2.13. The van der Waals surface area contributed by atoms with Crippen LogP contribution in [0.1, 0.15) is 20.3 Å². The number of likely N-dealkylation sites (N-methyl/N-ethyl adjacent to an activating group) is 1. The number of rotatable bonds is 6. The van der Waals surface area contributed by atoms with Gasteiger partial charge in [0.05, 0.1) is 6.10 Å². The van der Waals surface area contributed by atoms with E-state index in [1.54, 1.807) is 0 Å². The molecular weight excluding hydrogens is 248 g/mol. The summed E-state index contributed by atoms with van der Waals surface area (Å²) >= 11 is 5.25. The van der Waals surface area contributed by atoms with Crippen LogP contribution in [0, 0.1) is 0 Å². The highest BCUT2D eigenvalue weighted by Crippen LogP contribution is 1.95. The van der Waals surface area contributed by atoms with Gasteiger partial charge in [-0.2, -0.15) is 0 Å². The molecule has 0 radical (unpaired) electrons. The Labute approximate surface area is 116 Å². The van der Waals surface area contributed by atoms with E-state index >= 15 is 0 Å². The predicted octanol–water partition coefficient (Wildman–Crippen LogP) is 0.428. The van der Waals surface area contributed by atoms with Gasteiger partial charge in [0.25, 0.3) is 0 Å². The molecule has 106 valence electrons. The Bertz CT molecular complexity index is 242. The number of hydrogen-bond donors (Lipinski definition) is 2.